The van der Waals surface area contributed by atoms with Gasteiger partial charge in [-0.2, -0.15) is 16.3 Å². The second-order valence-corrected chi connectivity index (χ2v) is 5.02. The molecular weight excluding hydrogens is 274 g/mol. The van der Waals surface area contributed by atoms with Gasteiger partial charge in [-0.25, -0.2) is 0 Å². The van der Waals surface area contributed by atoms with Crippen LogP contribution in [0.5, 0.6) is 0 Å². The Bertz CT molecular complexity index is 679. The van der Waals surface area contributed by atoms with E-state index in [1.54, 1.807) is 11.3 Å². The van der Waals surface area contributed by atoms with Gasteiger partial charge >= 0.3 is 0 Å². The number of aliphatic hydroxyl groups excluding tert-OH is 1. The van der Waals surface area contributed by atoms with Crippen LogP contribution in [-0.4, -0.2) is 15.2 Å². The molecule has 0 aliphatic carbocycles. The summed E-state index contributed by atoms with van der Waals surface area (Å²) in [7, 11) is 0. The standard InChI is InChI=1S/C14H13N3O2S/c18-8-10-2-1-3-12(6-10)15-7-13-16-14(17-19-13)11-4-5-20-9-11/h1-6,9,15,18H,7-8H2. The van der Waals surface area contributed by atoms with E-state index < -0.39 is 0 Å². The van der Waals surface area contributed by atoms with Crippen molar-refractivity contribution in [3.8, 4) is 11.4 Å². The van der Waals surface area contributed by atoms with Crippen molar-refractivity contribution in [3.63, 3.8) is 0 Å². The van der Waals surface area contributed by atoms with Crippen LogP contribution in [-0.2, 0) is 13.2 Å². The molecule has 0 spiro atoms. The number of anilines is 1. The Hall–Kier alpha value is -2.18. The summed E-state index contributed by atoms with van der Waals surface area (Å²) in [6.07, 6.45) is 0. The van der Waals surface area contributed by atoms with E-state index in [4.69, 9.17) is 9.63 Å². The first kappa shape index (κ1) is 12.8. The first-order valence-electron chi connectivity index (χ1n) is 6.14. The number of aromatic nitrogens is 2. The zero-order valence-corrected chi connectivity index (χ0v) is 11.4. The van der Waals surface area contributed by atoms with Crippen LogP contribution in [0.1, 0.15) is 11.5 Å². The summed E-state index contributed by atoms with van der Waals surface area (Å²) in [5, 5.41) is 20.2. The molecule has 0 saturated heterocycles. The van der Waals surface area contributed by atoms with Crippen LogP contribution in [0.4, 0.5) is 5.69 Å². The molecule has 2 N–H and O–H groups in total. The number of nitrogens with zero attached hydrogens (tertiary/aromatic N) is 2. The normalized spacial score (nSPS) is 10.7. The van der Waals surface area contributed by atoms with E-state index in [2.05, 4.69) is 15.5 Å². The molecule has 0 atom stereocenters. The van der Waals surface area contributed by atoms with Gasteiger partial charge < -0.3 is 14.9 Å². The predicted molar refractivity (Wildman–Crippen MR) is 77.3 cm³/mol. The first-order valence-corrected chi connectivity index (χ1v) is 7.08. The summed E-state index contributed by atoms with van der Waals surface area (Å²) in [4.78, 5) is 4.33. The van der Waals surface area contributed by atoms with E-state index in [9.17, 15) is 0 Å². The van der Waals surface area contributed by atoms with Crippen LogP contribution in [0.2, 0.25) is 0 Å². The van der Waals surface area contributed by atoms with Crippen LogP contribution < -0.4 is 5.32 Å². The maximum atomic E-state index is 9.09. The van der Waals surface area contributed by atoms with Gasteiger partial charge in [0.25, 0.3) is 0 Å². The third-order valence-corrected chi connectivity index (χ3v) is 3.48. The minimum atomic E-state index is 0.0262. The van der Waals surface area contributed by atoms with Gasteiger partial charge in [0.15, 0.2) is 0 Å². The van der Waals surface area contributed by atoms with Gasteiger partial charge in [-0.05, 0) is 29.1 Å². The largest absolute Gasteiger partial charge is 0.392 e. The molecule has 5 nitrogen and oxygen atoms in total. The summed E-state index contributed by atoms with van der Waals surface area (Å²) in [5.41, 5.74) is 2.73. The Morgan fingerprint density at radius 3 is 3.05 bits per heavy atom. The molecule has 0 aliphatic heterocycles. The number of rotatable bonds is 5. The topological polar surface area (TPSA) is 71.2 Å². The molecule has 0 unspecified atom stereocenters. The van der Waals surface area contributed by atoms with Crippen LogP contribution in [0.15, 0.2) is 45.6 Å². The summed E-state index contributed by atoms with van der Waals surface area (Å²) >= 11 is 1.60. The number of hydrogen-bond acceptors (Lipinski definition) is 6. The second-order valence-electron chi connectivity index (χ2n) is 4.24. The second kappa shape index (κ2) is 5.85. The Kier molecular flexibility index (Phi) is 3.76. The molecule has 2 heterocycles. The van der Waals surface area contributed by atoms with Gasteiger partial charge in [0.1, 0.15) is 0 Å². The molecule has 3 aromatic rings. The van der Waals surface area contributed by atoms with Crippen LogP contribution >= 0.6 is 11.3 Å². The maximum absolute atomic E-state index is 9.09. The van der Waals surface area contributed by atoms with Crippen LogP contribution in [0.3, 0.4) is 0 Å². The molecule has 0 fully saturated rings. The van der Waals surface area contributed by atoms with Gasteiger partial charge in [0, 0.05) is 16.6 Å². The summed E-state index contributed by atoms with van der Waals surface area (Å²) in [5.74, 6) is 1.13. The average Bonchev–Trinajstić information content (AvgIpc) is 3.16. The summed E-state index contributed by atoms with van der Waals surface area (Å²) in [6, 6.07) is 9.52. The molecule has 1 aromatic carbocycles. The van der Waals surface area contributed by atoms with Crippen molar-refractivity contribution in [2.75, 3.05) is 5.32 Å². The molecular formula is C14H13N3O2S. The van der Waals surface area contributed by atoms with Crippen LogP contribution in [0.25, 0.3) is 11.4 Å². The Morgan fingerprint density at radius 1 is 1.30 bits per heavy atom. The lowest BCUT2D eigenvalue weighted by molar-refractivity contribution is 0.282. The summed E-state index contributed by atoms with van der Waals surface area (Å²) < 4.78 is 5.20. The fourth-order valence-electron chi connectivity index (χ4n) is 1.79. The maximum Gasteiger partial charge on any atom is 0.246 e. The number of benzene rings is 1. The molecule has 2 aromatic heterocycles. The van der Waals surface area contributed by atoms with Gasteiger partial charge in [0.05, 0.1) is 13.2 Å². The minimum absolute atomic E-state index is 0.0262. The Balaban J connectivity index is 1.66. The molecule has 0 amide bonds. The number of aliphatic hydroxyl groups is 1. The third kappa shape index (κ3) is 2.87. The molecule has 3 rings (SSSR count). The highest BCUT2D eigenvalue weighted by atomic mass is 32.1. The van der Waals surface area contributed by atoms with E-state index in [1.165, 1.54) is 0 Å². The van der Waals surface area contributed by atoms with Gasteiger partial charge in [-0.3, -0.25) is 0 Å². The lowest BCUT2D eigenvalue weighted by Crippen LogP contribution is -2.00. The number of thiophene rings is 1. The van der Waals surface area contributed by atoms with Crippen molar-refractivity contribution < 1.29 is 9.63 Å². The quantitative estimate of drug-likeness (QED) is 0.755. The van der Waals surface area contributed by atoms with E-state index in [0.29, 0.717) is 18.3 Å². The van der Waals surface area contributed by atoms with E-state index in [0.717, 1.165) is 16.8 Å². The fraction of sp³-hybridized carbons (Fsp3) is 0.143. The van der Waals surface area contributed by atoms with Crippen LogP contribution in [0, 0.1) is 0 Å². The zero-order valence-electron chi connectivity index (χ0n) is 10.6. The predicted octanol–water partition coefficient (Wildman–Crippen LogP) is 2.90. The SMILES string of the molecule is OCc1cccc(NCc2nc(-c3ccsc3)no2)c1. The Morgan fingerprint density at radius 2 is 2.25 bits per heavy atom. The molecule has 6 heteroatoms. The zero-order chi connectivity index (χ0) is 13.8. The molecule has 0 saturated carbocycles. The highest BCUT2D eigenvalue weighted by molar-refractivity contribution is 7.08. The van der Waals surface area contributed by atoms with Crippen molar-refractivity contribution in [1.82, 2.24) is 10.1 Å². The van der Waals surface area contributed by atoms with Crippen molar-refractivity contribution in [1.29, 1.82) is 0 Å². The van der Waals surface area contributed by atoms with Crippen molar-refractivity contribution in [3.05, 3.63) is 52.5 Å². The highest BCUT2D eigenvalue weighted by Crippen LogP contribution is 2.19. The number of hydrogen-bond donors (Lipinski definition) is 2. The third-order valence-electron chi connectivity index (χ3n) is 2.80. The van der Waals surface area contributed by atoms with Gasteiger partial charge in [0.2, 0.25) is 11.7 Å². The first-order chi connectivity index (χ1) is 9.85. The monoisotopic (exact) mass is 287 g/mol. The number of nitrogens with one attached hydrogen (secondary N) is 1. The minimum Gasteiger partial charge on any atom is -0.392 e. The lowest BCUT2D eigenvalue weighted by Gasteiger charge is -2.04. The highest BCUT2D eigenvalue weighted by Gasteiger charge is 2.08. The van der Waals surface area contributed by atoms with Crippen molar-refractivity contribution >= 4 is 17.0 Å². The molecule has 20 heavy (non-hydrogen) atoms. The van der Waals surface area contributed by atoms with Crippen molar-refractivity contribution in [2.45, 2.75) is 13.2 Å². The molecule has 102 valence electrons. The molecule has 0 bridgehead atoms. The smallest absolute Gasteiger partial charge is 0.246 e. The van der Waals surface area contributed by atoms with Gasteiger partial charge in [-0.1, -0.05) is 17.3 Å². The molecule has 0 radical (unpaired) electrons. The lowest BCUT2D eigenvalue weighted by atomic mass is 10.2. The van der Waals surface area contributed by atoms with E-state index in [1.807, 2.05) is 41.1 Å². The summed E-state index contributed by atoms with van der Waals surface area (Å²) in [6.45, 7) is 0.477. The average molecular weight is 287 g/mol. The van der Waals surface area contributed by atoms with Gasteiger partial charge in [-0.15, -0.1) is 0 Å². The fourth-order valence-corrected chi connectivity index (χ4v) is 2.43. The Labute approximate surface area is 119 Å². The van der Waals surface area contributed by atoms with E-state index >= 15 is 0 Å². The van der Waals surface area contributed by atoms with E-state index in [-0.39, 0.29) is 6.61 Å². The molecule has 0 aliphatic rings. The van der Waals surface area contributed by atoms with Crippen molar-refractivity contribution in [2.24, 2.45) is 0 Å².